The van der Waals surface area contributed by atoms with E-state index in [0.29, 0.717) is 0 Å². The highest BCUT2D eigenvalue weighted by Crippen LogP contribution is 2.27. The first kappa shape index (κ1) is 20.1. The van der Waals surface area contributed by atoms with Crippen molar-refractivity contribution < 1.29 is 4.79 Å². The molecule has 3 aromatic rings. The number of carbonyl (C=O) groups is 1. The van der Waals surface area contributed by atoms with Gasteiger partial charge in [0.1, 0.15) is 0 Å². The number of anilines is 1. The molecule has 0 saturated carbocycles. The van der Waals surface area contributed by atoms with Crippen molar-refractivity contribution in [3.8, 4) is 11.4 Å². The topological polar surface area (TPSA) is 72.7 Å². The smallest absolute Gasteiger partial charge is 0.237 e. The molecule has 0 unspecified atom stereocenters. The summed E-state index contributed by atoms with van der Waals surface area (Å²) in [6, 6.07) is 11.8. The van der Waals surface area contributed by atoms with Crippen LogP contribution >= 0.6 is 11.8 Å². The van der Waals surface area contributed by atoms with Crippen LogP contribution in [0.15, 0.2) is 53.9 Å². The van der Waals surface area contributed by atoms with E-state index >= 15 is 0 Å². The first-order valence-electron chi connectivity index (χ1n) is 9.52. The number of benzene rings is 1. The molecule has 0 spiro atoms. The standard InChI is InChI=1S/C21H25N5OS/c1-4-14-26-19(17-10-12-22-13-11-17)24-25-21(26)28-15(3)20(27)23-18-8-6-16(5-2)7-9-18/h6-13,15H,4-5,14H2,1-3H3,(H,23,27)/t15-/m1/s1. The zero-order valence-electron chi connectivity index (χ0n) is 16.4. The SMILES string of the molecule is CCCn1c(S[C@H](C)C(=O)Nc2ccc(CC)cc2)nnc1-c1ccncc1. The second-order valence-corrected chi connectivity index (χ2v) is 7.80. The number of hydrogen-bond donors (Lipinski definition) is 1. The maximum atomic E-state index is 12.6. The van der Waals surface area contributed by atoms with Gasteiger partial charge in [0, 0.05) is 30.2 Å². The van der Waals surface area contributed by atoms with Gasteiger partial charge in [-0.05, 0) is 49.6 Å². The first-order chi connectivity index (χ1) is 13.6. The molecule has 0 bridgehead atoms. The monoisotopic (exact) mass is 395 g/mol. The molecule has 28 heavy (non-hydrogen) atoms. The molecule has 0 aliphatic rings. The molecule has 1 aromatic carbocycles. The van der Waals surface area contributed by atoms with Gasteiger partial charge in [0.25, 0.3) is 0 Å². The fourth-order valence-corrected chi connectivity index (χ4v) is 3.67. The highest BCUT2D eigenvalue weighted by atomic mass is 32.2. The number of aromatic nitrogens is 4. The number of carbonyl (C=O) groups excluding carboxylic acids is 1. The van der Waals surface area contributed by atoms with E-state index in [1.54, 1.807) is 12.4 Å². The molecule has 1 atom stereocenters. The lowest BCUT2D eigenvalue weighted by atomic mass is 10.1. The van der Waals surface area contributed by atoms with Gasteiger partial charge >= 0.3 is 0 Å². The molecule has 7 heteroatoms. The van der Waals surface area contributed by atoms with E-state index in [2.05, 4.69) is 38.9 Å². The highest BCUT2D eigenvalue weighted by molar-refractivity contribution is 8.00. The maximum absolute atomic E-state index is 12.6. The molecular formula is C21H25N5OS. The predicted molar refractivity (Wildman–Crippen MR) is 113 cm³/mol. The molecule has 1 N–H and O–H groups in total. The zero-order valence-corrected chi connectivity index (χ0v) is 17.2. The fraction of sp³-hybridized carbons (Fsp3) is 0.333. The van der Waals surface area contributed by atoms with Crippen molar-refractivity contribution in [3.63, 3.8) is 0 Å². The largest absolute Gasteiger partial charge is 0.325 e. The van der Waals surface area contributed by atoms with Gasteiger partial charge in [0.05, 0.1) is 5.25 Å². The van der Waals surface area contributed by atoms with Crippen LogP contribution in [0, 0.1) is 0 Å². The molecule has 0 radical (unpaired) electrons. The van der Waals surface area contributed by atoms with E-state index < -0.39 is 0 Å². The molecule has 6 nitrogen and oxygen atoms in total. The number of amides is 1. The maximum Gasteiger partial charge on any atom is 0.237 e. The van der Waals surface area contributed by atoms with Crippen molar-refractivity contribution in [3.05, 3.63) is 54.4 Å². The Morgan fingerprint density at radius 1 is 1.11 bits per heavy atom. The van der Waals surface area contributed by atoms with E-state index in [1.165, 1.54) is 17.3 Å². The van der Waals surface area contributed by atoms with Crippen LogP contribution in [0.5, 0.6) is 0 Å². The lowest BCUT2D eigenvalue weighted by Crippen LogP contribution is -2.23. The molecule has 0 aliphatic heterocycles. The molecule has 0 fully saturated rings. The van der Waals surface area contributed by atoms with Crippen molar-refractivity contribution in [2.24, 2.45) is 0 Å². The second kappa shape index (κ2) is 9.50. The van der Waals surface area contributed by atoms with Crippen molar-refractivity contribution >= 4 is 23.4 Å². The third-order valence-electron chi connectivity index (χ3n) is 4.38. The van der Waals surface area contributed by atoms with Gasteiger partial charge in [-0.3, -0.25) is 9.78 Å². The lowest BCUT2D eigenvalue weighted by molar-refractivity contribution is -0.115. The van der Waals surface area contributed by atoms with Crippen molar-refractivity contribution in [1.29, 1.82) is 0 Å². The second-order valence-electron chi connectivity index (χ2n) is 6.49. The molecular weight excluding hydrogens is 370 g/mol. The van der Waals surface area contributed by atoms with Crippen LogP contribution in [0.2, 0.25) is 0 Å². The normalized spacial score (nSPS) is 12.0. The fourth-order valence-electron chi connectivity index (χ4n) is 2.79. The van der Waals surface area contributed by atoms with Crippen LogP contribution in [0.25, 0.3) is 11.4 Å². The van der Waals surface area contributed by atoms with Crippen LogP contribution in [-0.2, 0) is 17.8 Å². The number of thioether (sulfide) groups is 1. The minimum absolute atomic E-state index is 0.0502. The number of nitrogens with zero attached hydrogens (tertiary/aromatic N) is 4. The van der Waals surface area contributed by atoms with Gasteiger partial charge in [-0.15, -0.1) is 10.2 Å². The minimum atomic E-state index is -0.295. The number of pyridine rings is 1. The number of nitrogens with one attached hydrogen (secondary N) is 1. The predicted octanol–water partition coefficient (Wildman–Crippen LogP) is 4.43. The summed E-state index contributed by atoms with van der Waals surface area (Å²) in [5, 5.41) is 12.1. The van der Waals surface area contributed by atoms with Crippen LogP contribution in [-0.4, -0.2) is 30.9 Å². The van der Waals surface area contributed by atoms with E-state index in [1.807, 2.05) is 43.3 Å². The summed E-state index contributed by atoms with van der Waals surface area (Å²) in [6.07, 6.45) is 5.42. The quantitative estimate of drug-likeness (QED) is 0.571. The average Bonchev–Trinajstić information content (AvgIpc) is 3.11. The molecule has 146 valence electrons. The van der Waals surface area contributed by atoms with E-state index in [-0.39, 0.29) is 11.2 Å². The summed E-state index contributed by atoms with van der Waals surface area (Å²) in [5.74, 6) is 0.750. The Labute approximate surface area is 169 Å². The number of hydrogen-bond acceptors (Lipinski definition) is 5. The third kappa shape index (κ3) is 4.78. The van der Waals surface area contributed by atoms with Gasteiger partial charge in [-0.2, -0.15) is 0 Å². The van der Waals surface area contributed by atoms with E-state index in [4.69, 9.17) is 0 Å². The Morgan fingerprint density at radius 2 is 1.82 bits per heavy atom. The average molecular weight is 396 g/mol. The van der Waals surface area contributed by atoms with Crippen molar-refractivity contribution in [2.75, 3.05) is 5.32 Å². The Balaban J connectivity index is 1.73. The van der Waals surface area contributed by atoms with Gasteiger partial charge in [-0.1, -0.05) is 37.7 Å². The Morgan fingerprint density at radius 3 is 2.46 bits per heavy atom. The van der Waals surface area contributed by atoms with Gasteiger partial charge in [0.2, 0.25) is 5.91 Å². The summed E-state index contributed by atoms with van der Waals surface area (Å²) in [4.78, 5) is 16.7. The van der Waals surface area contributed by atoms with Crippen molar-refractivity contribution in [2.45, 2.75) is 50.6 Å². The highest BCUT2D eigenvalue weighted by Gasteiger charge is 2.20. The van der Waals surface area contributed by atoms with Gasteiger partial charge < -0.3 is 9.88 Å². The Kier molecular flexibility index (Phi) is 6.81. The van der Waals surface area contributed by atoms with Crippen LogP contribution < -0.4 is 5.32 Å². The zero-order chi connectivity index (χ0) is 19.9. The van der Waals surface area contributed by atoms with Crippen LogP contribution in [0.1, 0.15) is 32.8 Å². The number of rotatable bonds is 8. The third-order valence-corrected chi connectivity index (χ3v) is 5.46. The van der Waals surface area contributed by atoms with E-state index in [9.17, 15) is 4.79 Å². The van der Waals surface area contributed by atoms with Gasteiger partial charge in [-0.25, -0.2) is 0 Å². The molecule has 0 aliphatic carbocycles. The molecule has 3 rings (SSSR count). The molecule has 2 heterocycles. The van der Waals surface area contributed by atoms with Crippen molar-refractivity contribution in [1.82, 2.24) is 19.7 Å². The Hall–Kier alpha value is -2.67. The van der Waals surface area contributed by atoms with Crippen LogP contribution in [0.4, 0.5) is 5.69 Å². The molecule has 1 amide bonds. The summed E-state index contributed by atoms with van der Waals surface area (Å²) < 4.78 is 2.07. The summed E-state index contributed by atoms with van der Waals surface area (Å²) in [6.45, 7) is 6.90. The summed E-state index contributed by atoms with van der Waals surface area (Å²) >= 11 is 1.42. The first-order valence-corrected chi connectivity index (χ1v) is 10.4. The van der Waals surface area contributed by atoms with Gasteiger partial charge in [0.15, 0.2) is 11.0 Å². The summed E-state index contributed by atoms with van der Waals surface area (Å²) in [5.41, 5.74) is 3.02. The number of aryl methyl sites for hydroxylation is 1. The molecule has 0 saturated heterocycles. The Bertz CT molecular complexity index is 908. The summed E-state index contributed by atoms with van der Waals surface area (Å²) in [7, 11) is 0. The lowest BCUT2D eigenvalue weighted by Gasteiger charge is -2.13. The minimum Gasteiger partial charge on any atom is -0.325 e. The molecule has 2 aromatic heterocycles. The van der Waals surface area contributed by atoms with Crippen LogP contribution in [0.3, 0.4) is 0 Å². The van der Waals surface area contributed by atoms with E-state index in [0.717, 1.165) is 41.6 Å².